The Balaban J connectivity index is 2.18. The highest BCUT2D eigenvalue weighted by Crippen LogP contribution is 2.27. The third kappa shape index (κ3) is 4.56. The molecular formula is C18H19NOS. The van der Waals surface area contributed by atoms with Crippen LogP contribution in [0.3, 0.4) is 0 Å². The molecule has 0 unspecified atom stereocenters. The van der Waals surface area contributed by atoms with Crippen molar-refractivity contribution in [2.75, 3.05) is 13.7 Å². The molecule has 0 bridgehead atoms. The van der Waals surface area contributed by atoms with Crippen LogP contribution >= 0.6 is 11.8 Å². The van der Waals surface area contributed by atoms with E-state index in [0.29, 0.717) is 6.54 Å². The maximum Gasteiger partial charge on any atom is 0.119 e. The number of rotatable bonds is 4. The predicted octanol–water partition coefficient (Wildman–Crippen LogP) is 3.61. The molecule has 21 heavy (non-hydrogen) atoms. The molecule has 0 aliphatic heterocycles. The second-order valence-corrected chi connectivity index (χ2v) is 5.68. The molecule has 0 saturated heterocycles. The van der Waals surface area contributed by atoms with Gasteiger partial charge in [0.1, 0.15) is 5.75 Å². The van der Waals surface area contributed by atoms with Crippen molar-refractivity contribution in [3.63, 3.8) is 0 Å². The number of nitrogens with two attached hydrogens (primary N) is 1. The van der Waals surface area contributed by atoms with Crippen LogP contribution in [0.4, 0.5) is 0 Å². The summed E-state index contributed by atoms with van der Waals surface area (Å²) in [6, 6.07) is 14.5. The molecule has 2 aromatic rings. The van der Waals surface area contributed by atoms with Crippen LogP contribution in [-0.2, 0) is 5.75 Å². The smallest absolute Gasteiger partial charge is 0.119 e. The topological polar surface area (TPSA) is 35.2 Å². The van der Waals surface area contributed by atoms with E-state index in [1.165, 1.54) is 16.0 Å². The summed E-state index contributed by atoms with van der Waals surface area (Å²) < 4.78 is 5.30. The van der Waals surface area contributed by atoms with Gasteiger partial charge in [0.25, 0.3) is 0 Å². The molecule has 2 rings (SSSR count). The first-order valence-corrected chi connectivity index (χ1v) is 7.77. The van der Waals surface area contributed by atoms with Crippen molar-refractivity contribution in [1.82, 2.24) is 0 Å². The molecule has 0 aliphatic carbocycles. The zero-order chi connectivity index (χ0) is 15.1. The van der Waals surface area contributed by atoms with E-state index < -0.39 is 0 Å². The predicted molar refractivity (Wildman–Crippen MR) is 89.7 cm³/mol. The van der Waals surface area contributed by atoms with Gasteiger partial charge in [0.15, 0.2) is 0 Å². The van der Waals surface area contributed by atoms with Crippen molar-refractivity contribution in [1.29, 1.82) is 0 Å². The number of hydrogen-bond acceptors (Lipinski definition) is 3. The Hall–Kier alpha value is -1.89. The summed E-state index contributed by atoms with van der Waals surface area (Å²) in [5, 5.41) is 0. The number of thioether (sulfide) groups is 1. The summed E-state index contributed by atoms with van der Waals surface area (Å²) in [4.78, 5) is 1.25. The van der Waals surface area contributed by atoms with Gasteiger partial charge in [0.2, 0.25) is 0 Å². The standard InChI is InChI=1S/C18H19NOS/c1-14-5-9-18(10-6-14)21-13-16-12-17(20-2)8-7-15(16)4-3-11-19/h5-10,12H,11,13,19H2,1-2H3. The Labute approximate surface area is 130 Å². The molecule has 0 saturated carbocycles. The summed E-state index contributed by atoms with van der Waals surface area (Å²) in [7, 11) is 1.68. The zero-order valence-corrected chi connectivity index (χ0v) is 13.2. The average Bonchev–Trinajstić information content (AvgIpc) is 2.52. The first-order valence-electron chi connectivity index (χ1n) is 6.78. The van der Waals surface area contributed by atoms with Crippen molar-refractivity contribution < 1.29 is 4.74 Å². The van der Waals surface area contributed by atoms with Crippen LogP contribution in [-0.4, -0.2) is 13.7 Å². The van der Waals surface area contributed by atoms with Crippen molar-refractivity contribution in [2.45, 2.75) is 17.6 Å². The van der Waals surface area contributed by atoms with Crippen LogP contribution in [0.2, 0.25) is 0 Å². The summed E-state index contributed by atoms with van der Waals surface area (Å²) >= 11 is 1.79. The minimum Gasteiger partial charge on any atom is -0.497 e. The van der Waals surface area contributed by atoms with Crippen LogP contribution in [0, 0.1) is 18.8 Å². The van der Waals surface area contributed by atoms with E-state index in [-0.39, 0.29) is 0 Å². The molecule has 3 heteroatoms. The summed E-state index contributed by atoms with van der Waals surface area (Å²) in [6.45, 7) is 2.47. The highest BCUT2D eigenvalue weighted by atomic mass is 32.2. The lowest BCUT2D eigenvalue weighted by atomic mass is 10.1. The molecule has 0 atom stereocenters. The molecule has 0 aliphatic rings. The molecule has 0 radical (unpaired) electrons. The van der Waals surface area contributed by atoms with Gasteiger partial charge in [-0.2, -0.15) is 0 Å². The summed E-state index contributed by atoms with van der Waals surface area (Å²) in [5.41, 5.74) is 8.91. The van der Waals surface area contributed by atoms with E-state index >= 15 is 0 Å². The van der Waals surface area contributed by atoms with E-state index in [1.54, 1.807) is 18.9 Å². The van der Waals surface area contributed by atoms with Gasteiger partial charge in [0, 0.05) is 16.2 Å². The van der Waals surface area contributed by atoms with E-state index in [1.807, 2.05) is 18.2 Å². The monoisotopic (exact) mass is 297 g/mol. The number of aryl methyl sites for hydroxylation is 1. The molecule has 2 aromatic carbocycles. The zero-order valence-electron chi connectivity index (χ0n) is 12.3. The van der Waals surface area contributed by atoms with E-state index in [2.05, 4.69) is 43.0 Å². The normalized spacial score (nSPS) is 9.86. The molecule has 2 nitrogen and oxygen atoms in total. The lowest BCUT2D eigenvalue weighted by molar-refractivity contribution is 0.414. The SMILES string of the molecule is COc1ccc(C#CCN)c(CSc2ccc(C)cc2)c1. The van der Waals surface area contributed by atoms with Crippen LogP contribution < -0.4 is 10.5 Å². The number of ether oxygens (including phenoxy) is 1. The number of benzene rings is 2. The largest absolute Gasteiger partial charge is 0.497 e. The fraction of sp³-hybridized carbons (Fsp3) is 0.222. The van der Waals surface area contributed by atoms with Crippen molar-refractivity contribution >= 4 is 11.8 Å². The Kier molecular flexibility index (Phi) is 5.74. The molecular weight excluding hydrogens is 278 g/mol. The third-order valence-electron chi connectivity index (χ3n) is 3.05. The Morgan fingerprint density at radius 1 is 1.14 bits per heavy atom. The lowest BCUT2D eigenvalue weighted by Crippen LogP contribution is -1.95. The lowest BCUT2D eigenvalue weighted by Gasteiger charge is -2.08. The Morgan fingerprint density at radius 2 is 1.90 bits per heavy atom. The fourth-order valence-corrected chi connectivity index (χ4v) is 2.77. The molecule has 0 amide bonds. The van der Waals surface area contributed by atoms with Gasteiger partial charge in [-0.3, -0.25) is 0 Å². The van der Waals surface area contributed by atoms with Gasteiger partial charge in [-0.1, -0.05) is 29.5 Å². The van der Waals surface area contributed by atoms with Crippen LogP contribution in [0.5, 0.6) is 5.75 Å². The van der Waals surface area contributed by atoms with E-state index in [0.717, 1.165) is 17.1 Å². The van der Waals surface area contributed by atoms with E-state index in [4.69, 9.17) is 10.5 Å². The Morgan fingerprint density at radius 3 is 2.57 bits per heavy atom. The fourth-order valence-electron chi connectivity index (χ4n) is 1.88. The minimum absolute atomic E-state index is 0.372. The van der Waals surface area contributed by atoms with Gasteiger partial charge in [-0.05, 0) is 42.8 Å². The Bertz CT molecular complexity index is 653. The number of hydrogen-bond donors (Lipinski definition) is 1. The van der Waals surface area contributed by atoms with Crippen molar-refractivity contribution in [3.8, 4) is 17.6 Å². The first-order chi connectivity index (χ1) is 10.2. The maximum absolute atomic E-state index is 5.46. The van der Waals surface area contributed by atoms with Crippen LogP contribution in [0.1, 0.15) is 16.7 Å². The van der Waals surface area contributed by atoms with Gasteiger partial charge in [0.05, 0.1) is 13.7 Å². The van der Waals surface area contributed by atoms with Gasteiger partial charge >= 0.3 is 0 Å². The summed E-state index contributed by atoms with van der Waals surface area (Å²) in [6.07, 6.45) is 0. The third-order valence-corrected chi connectivity index (χ3v) is 4.11. The molecule has 0 aromatic heterocycles. The van der Waals surface area contributed by atoms with Crippen LogP contribution in [0.25, 0.3) is 0 Å². The first kappa shape index (κ1) is 15.5. The number of methoxy groups -OCH3 is 1. The second kappa shape index (κ2) is 7.78. The summed E-state index contributed by atoms with van der Waals surface area (Å²) in [5.74, 6) is 7.75. The molecule has 2 N–H and O–H groups in total. The van der Waals surface area contributed by atoms with Gasteiger partial charge < -0.3 is 10.5 Å². The molecule has 0 spiro atoms. The molecule has 108 valence electrons. The van der Waals surface area contributed by atoms with Gasteiger partial charge in [-0.15, -0.1) is 11.8 Å². The second-order valence-electron chi connectivity index (χ2n) is 4.63. The quantitative estimate of drug-likeness (QED) is 0.691. The minimum atomic E-state index is 0.372. The molecule has 0 heterocycles. The molecule has 0 fully saturated rings. The van der Waals surface area contributed by atoms with Gasteiger partial charge in [-0.25, -0.2) is 0 Å². The highest BCUT2D eigenvalue weighted by Gasteiger charge is 2.04. The van der Waals surface area contributed by atoms with Crippen molar-refractivity contribution in [3.05, 3.63) is 59.2 Å². The maximum atomic E-state index is 5.46. The van der Waals surface area contributed by atoms with E-state index in [9.17, 15) is 0 Å². The average molecular weight is 297 g/mol. The van der Waals surface area contributed by atoms with Crippen molar-refractivity contribution in [2.24, 2.45) is 5.73 Å². The highest BCUT2D eigenvalue weighted by molar-refractivity contribution is 7.98. The van der Waals surface area contributed by atoms with Crippen LogP contribution in [0.15, 0.2) is 47.4 Å².